The van der Waals surface area contributed by atoms with Crippen molar-refractivity contribution in [1.82, 2.24) is 10.4 Å². The molecular weight excluding hydrogens is 353 g/mol. The summed E-state index contributed by atoms with van der Waals surface area (Å²) in [5, 5.41) is 19.0. The van der Waals surface area contributed by atoms with E-state index >= 15 is 0 Å². The van der Waals surface area contributed by atoms with E-state index in [0.717, 1.165) is 12.1 Å². The second-order valence-corrected chi connectivity index (χ2v) is 7.82. The average molecular weight is 379 g/mol. The van der Waals surface area contributed by atoms with Gasteiger partial charge in [-0.2, -0.15) is 0 Å². The molecule has 8 heteroatoms. The molecule has 7 nitrogen and oxygen atoms in total. The maximum atomic E-state index is 13.1. The van der Waals surface area contributed by atoms with Gasteiger partial charge in [0.05, 0.1) is 12.0 Å². The van der Waals surface area contributed by atoms with Crippen molar-refractivity contribution >= 4 is 17.5 Å². The molecule has 0 radical (unpaired) electrons. The summed E-state index contributed by atoms with van der Waals surface area (Å²) in [6.07, 6.45) is -0.430. The van der Waals surface area contributed by atoms with Crippen LogP contribution in [-0.4, -0.2) is 58.3 Å². The number of fused-ring (bicyclic) bond motifs is 2. The number of nitrogens with zero attached hydrogens (tertiary/aromatic N) is 2. The van der Waals surface area contributed by atoms with Crippen LogP contribution in [0.5, 0.6) is 0 Å². The van der Waals surface area contributed by atoms with Gasteiger partial charge in [-0.25, -0.2) is 9.87 Å². The predicted molar refractivity (Wildman–Crippen MR) is 96.5 cm³/mol. The van der Waals surface area contributed by atoms with Crippen LogP contribution in [0.25, 0.3) is 0 Å². The third-order valence-electron chi connectivity index (χ3n) is 5.48. The van der Waals surface area contributed by atoms with Gasteiger partial charge in [0.15, 0.2) is 0 Å². The fourth-order valence-electron chi connectivity index (χ4n) is 4.22. The standard InChI is InChI=1S/C19H26FN3O4/c1-11(2)7-16(17(24)18(25)21-27)19(26)23-10-14-8-15(23)9-22(14)13-5-3-12(20)4-6-13/h3-6,11,14-17,24,27H,7-10H2,1-2H3,(H,21,25)/t14-,15-,16-,17-/m0/s1. The van der Waals surface area contributed by atoms with Crippen molar-refractivity contribution in [2.45, 2.75) is 44.9 Å². The molecule has 2 aliphatic rings. The molecule has 1 aromatic carbocycles. The van der Waals surface area contributed by atoms with Gasteiger partial charge >= 0.3 is 0 Å². The highest BCUT2D eigenvalue weighted by Gasteiger charge is 2.48. The smallest absolute Gasteiger partial charge is 0.272 e. The summed E-state index contributed by atoms with van der Waals surface area (Å²) >= 11 is 0. The summed E-state index contributed by atoms with van der Waals surface area (Å²) in [6, 6.07) is 6.44. The number of hydrogen-bond donors (Lipinski definition) is 3. The molecule has 2 aliphatic heterocycles. The number of rotatable bonds is 6. The zero-order chi connectivity index (χ0) is 19.7. The number of anilines is 1. The Bertz CT molecular complexity index is 697. The van der Waals surface area contributed by atoms with Crippen molar-refractivity contribution in [3.05, 3.63) is 30.1 Å². The first-order valence-corrected chi connectivity index (χ1v) is 9.26. The number of likely N-dealkylation sites (tertiary alicyclic amines) is 1. The quantitative estimate of drug-likeness (QED) is 0.509. The minimum atomic E-state index is -1.59. The van der Waals surface area contributed by atoms with Crippen molar-refractivity contribution in [3.63, 3.8) is 0 Å². The lowest BCUT2D eigenvalue weighted by molar-refractivity contribution is -0.151. The van der Waals surface area contributed by atoms with Crippen LogP contribution < -0.4 is 10.4 Å². The maximum Gasteiger partial charge on any atom is 0.272 e. The minimum Gasteiger partial charge on any atom is -0.382 e. The molecule has 148 valence electrons. The number of amides is 2. The average Bonchev–Trinajstić information content (AvgIpc) is 3.25. The highest BCUT2D eigenvalue weighted by Crippen LogP contribution is 2.36. The van der Waals surface area contributed by atoms with Gasteiger partial charge in [-0.1, -0.05) is 13.8 Å². The Morgan fingerprint density at radius 2 is 1.89 bits per heavy atom. The molecule has 0 unspecified atom stereocenters. The highest BCUT2D eigenvalue weighted by atomic mass is 19.1. The van der Waals surface area contributed by atoms with Crippen LogP contribution in [0.2, 0.25) is 0 Å². The van der Waals surface area contributed by atoms with E-state index in [9.17, 15) is 19.1 Å². The van der Waals surface area contributed by atoms with Crippen LogP contribution in [0.15, 0.2) is 24.3 Å². The number of carbonyl (C=O) groups is 2. The monoisotopic (exact) mass is 379 g/mol. The Morgan fingerprint density at radius 3 is 2.41 bits per heavy atom. The van der Waals surface area contributed by atoms with Gasteiger partial charge in [-0.15, -0.1) is 0 Å². The van der Waals surface area contributed by atoms with Crippen molar-refractivity contribution in [2.24, 2.45) is 11.8 Å². The second kappa shape index (κ2) is 7.82. The number of aliphatic hydroxyl groups excluding tert-OH is 1. The number of hydrogen-bond acceptors (Lipinski definition) is 5. The number of nitrogens with one attached hydrogen (secondary N) is 1. The number of hydroxylamine groups is 1. The Balaban J connectivity index is 1.71. The van der Waals surface area contributed by atoms with E-state index in [4.69, 9.17) is 5.21 Å². The third kappa shape index (κ3) is 3.91. The van der Waals surface area contributed by atoms with E-state index in [1.165, 1.54) is 17.6 Å². The van der Waals surface area contributed by atoms with E-state index in [1.807, 2.05) is 13.8 Å². The van der Waals surface area contributed by atoms with Crippen LogP contribution in [0.1, 0.15) is 26.7 Å². The zero-order valence-corrected chi connectivity index (χ0v) is 15.5. The number of aliphatic hydroxyl groups is 1. The topological polar surface area (TPSA) is 93.1 Å². The third-order valence-corrected chi connectivity index (χ3v) is 5.48. The number of halogens is 1. The molecule has 2 fully saturated rings. The molecule has 3 rings (SSSR count). The molecule has 0 aromatic heterocycles. The summed E-state index contributed by atoms with van der Waals surface area (Å²) in [5.41, 5.74) is 2.36. The van der Waals surface area contributed by atoms with E-state index in [-0.39, 0.29) is 29.7 Å². The molecule has 2 heterocycles. The molecule has 0 saturated carbocycles. The fourth-order valence-corrected chi connectivity index (χ4v) is 4.22. The van der Waals surface area contributed by atoms with E-state index in [2.05, 4.69) is 4.90 Å². The molecule has 4 atom stereocenters. The lowest BCUT2D eigenvalue weighted by atomic mass is 9.90. The van der Waals surface area contributed by atoms with Crippen LogP contribution in [0, 0.1) is 17.7 Å². The largest absolute Gasteiger partial charge is 0.382 e. The SMILES string of the molecule is CC(C)C[C@H](C(=O)N1C[C@@H]2C[C@H]1CN2c1ccc(F)cc1)[C@H](O)C(=O)NO. The van der Waals surface area contributed by atoms with Crippen LogP contribution in [0.3, 0.4) is 0 Å². The minimum absolute atomic E-state index is 0.00777. The van der Waals surface area contributed by atoms with Crippen molar-refractivity contribution < 1.29 is 24.3 Å². The van der Waals surface area contributed by atoms with Gasteiger partial charge < -0.3 is 14.9 Å². The summed E-state index contributed by atoms with van der Waals surface area (Å²) < 4.78 is 13.1. The molecular formula is C19H26FN3O4. The number of carbonyl (C=O) groups excluding carboxylic acids is 2. The molecule has 0 spiro atoms. The van der Waals surface area contributed by atoms with Gasteiger partial charge in [0.25, 0.3) is 5.91 Å². The first-order valence-electron chi connectivity index (χ1n) is 9.26. The normalized spacial score (nSPS) is 23.6. The van der Waals surface area contributed by atoms with Crippen molar-refractivity contribution in [3.8, 4) is 0 Å². The molecule has 2 bridgehead atoms. The van der Waals surface area contributed by atoms with Crippen LogP contribution >= 0.6 is 0 Å². The highest BCUT2D eigenvalue weighted by molar-refractivity contribution is 5.89. The Hall–Kier alpha value is -2.19. The summed E-state index contributed by atoms with van der Waals surface area (Å²) in [7, 11) is 0. The lowest BCUT2D eigenvalue weighted by Crippen LogP contribution is -2.53. The van der Waals surface area contributed by atoms with Gasteiger partial charge in [0, 0.05) is 24.8 Å². The maximum absolute atomic E-state index is 13.1. The Kier molecular flexibility index (Phi) is 5.67. The number of benzene rings is 1. The summed E-state index contributed by atoms with van der Waals surface area (Å²) in [5.74, 6) is -2.30. The van der Waals surface area contributed by atoms with Gasteiger partial charge in [0.2, 0.25) is 5.91 Å². The van der Waals surface area contributed by atoms with Gasteiger partial charge in [0.1, 0.15) is 11.9 Å². The summed E-state index contributed by atoms with van der Waals surface area (Å²) in [6.45, 7) is 4.97. The Labute approximate surface area is 157 Å². The molecule has 0 aliphatic carbocycles. The predicted octanol–water partition coefficient (Wildman–Crippen LogP) is 1.14. The van der Waals surface area contributed by atoms with E-state index in [1.54, 1.807) is 17.0 Å². The Morgan fingerprint density at radius 1 is 1.22 bits per heavy atom. The lowest BCUT2D eigenvalue weighted by Gasteiger charge is -2.38. The fraction of sp³-hybridized carbons (Fsp3) is 0.579. The molecule has 3 N–H and O–H groups in total. The zero-order valence-electron chi connectivity index (χ0n) is 15.5. The van der Waals surface area contributed by atoms with E-state index < -0.39 is 17.9 Å². The molecule has 2 saturated heterocycles. The van der Waals surface area contributed by atoms with Crippen LogP contribution in [0.4, 0.5) is 10.1 Å². The van der Waals surface area contributed by atoms with Crippen molar-refractivity contribution in [2.75, 3.05) is 18.0 Å². The number of piperazine rings is 1. The molecule has 1 aromatic rings. The van der Waals surface area contributed by atoms with E-state index in [0.29, 0.717) is 19.5 Å². The summed E-state index contributed by atoms with van der Waals surface area (Å²) in [4.78, 5) is 28.6. The van der Waals surface area contributed by atoms with Crippen molar-refractivity contribution in [1.29, 1.82) is 0 Å². The first kappa shape index (κ1) is 19.6. The van der Waals surface area contributed by atoms with Gasteiger partial charge in [-0.3, -0.25) is 14.8 Å². The molecule has 2 amide bonds. The second-order valence-electron chi connectivity index (χ2n) is 7.82. The van der Waals surface area contributed by atoms with Crippen LogP contribution in [-0.2, 0) is 9.59 Å². The first-order chi connectivity index (χ1) is 12.8. The van der Waals surface area contributed by atoms with Gasteiger partial charge in [-0.05, 0) is 43.0 Å². The molecule has 27 heavy (non-hydrogen) atoms.